The number of morpholine rings is 1. The van der Waals surface area contributed by atoms with Gasteiger partial charge in [0.25, 0.3) is 0 Å². The van der Waals surface area contributed by atoms with Crippen LogP contribution < -0.4 is 5.32 Å². The summed E-state index contributed by atoms with van der Waals surface area (Å²) in [5, 5.41) is 2.92. The van der Waals surface area contributed by atoms with Crippen LogP contribution in [-0.2, 0) is 14.3 Å². The van der Waals surface area contributed by atoms with E-state index in [4.69, 9.17) is 4.74 Å². The van der Waals surface area contributed by atoms with Crippen molar-refractivity contribution in [1.29, 1.82) is 0 Å². The van der Waals surface area contributed by atoms with Crippen molar-refractivity contribution < 1.29 is 14.3 Å². The van der Waals surface area contributed by atoms with Crippen molar-refractivity contribution in [2.24, 2.45) is 0 Å². The summed E-state index contributed by atoms with van der Waals surface area (Å²) in [6, 6.07) is 0. The summed E-state index contributed by atoms with van der Waals surface area (Å²) in [4.78, 5) is 27.5. The van der Waals surface area contributed by atoms with Crippen molar-refractivity contribution in [2.75, 3.05) is 45.9 Å². The lowest BCUT2D eigenvalue weighted by atomic mass is 10.1. The number of carbonyl (C=O) groups is 2. The van der Waals surface area contributed by atoms with E-state index in [9.17, 15) is 9.59 Å². The van der Waals surface area contributed by atoms with Crippen molar-refractivity contribution in [2.45, 2.75) is 39.7 Å². The molecule has 6 heteroatoms. The van der Waals surface area contributed by atoms with Crippen LogP contribution in [0.4, 0.5) is 0 Å². The van der Waals surface area contributed by atoms with Gasteiger partial charge in [-0.25, -0.2) is 0 Å². The lowest BCUT2D eigenvalue weighted by molar-refractivity contribution is -0.134. The van der Waals surface area contributed by atoms with Crippen molar-refractivity contribution in [3.63, 3.8) is 0 Å². The number of amides is 2. The Morgan fingerprint density at radius 2 is 1.86 bits per heavy atom. The third-order valence-electron chi connectivity index (χ3n) is 3.61. The second kappa shape index (κ2) is 8.34. The lowest BCUT2D eigenvalue weighted by Gasteiger charge is -2.34. The molecule has 0 aromatic rings. The average Bonchev–Trinajstić information content (AvgIpc) is 2.38. The first kappa shape index (κ1) is 17.9. The molecule has 0 bridgehead atoms. The molecule has 0 radical (unpaired) electrons. The highest BCUT2D eigenvalue weighted by Crippen LogP contribution is 2.13. The monoisotopic (exact) mass is 299 g/mol. The Kier molecular flexibility index (Phi) is 7.11. The number of hydrogen-bond donors (Lipinski definition) is 1. The fourth-order valence-corrected chi connectivity index (χ4v) is 2.45. The molecular formula is C15H29N3O3. The Morgan fingerprint density at radius 1 is 1.24 bits per heavy atom. The second-order valence-electron chi connectivity index (χ2n) is 6.40. The average molecular weight is 299 g/mol. The minimum absolute atomic E-state index is 0.00115. The predicted molar refractivity (Wildman–Crippen MR) is 82.0 cm³/mol. The lowest BCUT2D eigenvalue weighted by Crippen LogP contribution is -2.46. The molecule has 122 valence electrons. The molecule has 21 heavy (non-hydrogen) atoms. The van der Waals surface area contributed by atoms with Gasteiger partial charge >= 0.3 is 0 Å². The van der Waals surface area contributed by atoms with Crippen LogP contribution in [0.15, 0.2) is 0 Å². The molecule has 1 heterocycles. The van der Waals surface area contributed by atoms with Gasteiger partial charge in [-0.15, -0.1) is 0 Å². The predicted octanol–water partition coefficient (Wildman–Crippen LogP) is 0.472. The van der Waals surface area contributed by atoms with Gasteiger partial charge in [0.05, 0.1) is 13.2 Å². The molecule has 0 atom stereocenters. The normalized spacial score (nSPS) is 16.6. The minimum atomic E-state index is -0.250. The van der Waals surface area contributed by atoms with Crippen LogP contribution in [0.5, 0.6) is 0 Å². The number of nitrogens with zero attached hydrogens (tertiary/aromatic N) is 2. The van der Waals surface area contributed by atoms with E-state index in [1.54, 1.807) is 11.8 Å². The maximum absolute atomic E-state index is 11.8. The number of ether oxygens (including phenoxy) is 1. The summed E-state index contributed by atoms with van der Waals surface area (Å²) >= 11 is 0. The summed E-state index contributed by atoms with van der Waals surface area (Å²) < 4.78 is 5.28. The van der Waals surface area contributed by atoms with Crippen LogP contribution in [0.2, 0.25) is 0 Å². The fraction of sp³-hybridized carbons (Fsp3) is 0.867. The summed E-state index contributed by atoms with van der Waals surface area (Å²) in [5.41, 5.74) is -0.250. The number of nitrogens with one attached hydrogen (secondary N) is 1. The van der Waals surface area contributed by atoms with Crippen molar-refractivity contribution in [3.05, 3.63) is 0 Å². The SMILES string of the molecule is CC(=O)N(CCC(=O)NCCN1CCOCC1)C(C)(C)C. The first-order valence-corrected chi connectivity index (χ1v) is 7.65. The Morgan fingerprint density at radius 3 is 2.38 bits per heavy atom. The standard InChI is InChI=1S/C15H29N3O3/c1-13(19)18(15(2,3)4)7-5-14(20)16-6-8-17-9-11-21-12-10-17/h5-12H2,1-4H3,(H,16,20). The minimum Gasteiger partial charge on any atom is -0.379 e. The van der Waals surface area contributed by atoms with Crippen LogP contribution in [-0.4, -0.2) is 73.1 Å². The second-order valence-corrected chi connectivity index (χ2v) is 6.40. The molecule has 0 saturated carbocycles. The third-order valence-corrected chi connectivity index (χ3v) is 3.61. The number of carbonyl (C=O) groups excluding carboxylic acids is 2. The van der Waals surface area contributed by atoms with E-state index in [0.717, 1.165) is 32.8 Å². The third kappa shape index (κ3) is 6.91. The van der Waals surface area contributed by atoms with Crippen LogP contribution in [0.1, 0.15) is 34.1 Å². The molecule has 0 aromatic heterocycles. The van der Waals surface area contributed by atoms with Crippen LogP contribution in [0.25, 0.3) is 0 Å². The summed E-state index contributed by atoms with van der Waals surface area (Å²) in [5.74, 6) is 0.00220. The first-order valence-electron chi connectivity index (χ1n) is 7.65. The highest BCUT2D eigenvalue weighted by Gasteiger charge is 2.23. The van der Waals surface area contributed by atoms with Gasteiger partial charge in [0.2, 0.25) is 11.8 Å². The van der Waals surface area contributed by atoms with Crippen LogP contribution in [0, 0.1) is 0 Å². The van der Waals surface area contributed by atoms with Gasteiger partial charge in [-0.1, -0.05) is 0 Å². The van der Waals surface area contributed by atoms with E-state index in [1.807, 2.05) is 20.8 Å². The molecule has 2 amide bonds. The zero-order valence-corrected chi connectivity index (χ0v) is 13.8. The van der Waals surface area contributed by atoms with Gasteiger partial charge in [-0.2, -0.15) is 0 Å². The van der Waals surface area contributed by atoms with Crippen molar-refractivity contribution in [1.82, 2.24) is 15.1 Å². The van der Waals surface area contributed by atoms with Crippen LogP contribution in [0.3, 0.4) is 0 Å². The number of rotatable bonds is 6. The van der Waals surface area contributed by atoms with E-state index >= 15 is 0 Å². The Balaban J connectivity index is 2.22. The highest BCUT2D eigenvalue weighted by molar-refractivity contribution is 5.78. The molecule has 6 nitrogen and oxygen atoms in total. The zero-order chi connectivity index (χ0) is 15.9. The van der Waals surface area contributed by atoms with E-state index < -0.39 is 0 Å². The molecular weight excluding hydrogens is 270 g/mol. The molecule has 0 spiro atoms. The topological polar surface area (TPSA) is 61.9 Å². The molecule has 1 saturated heterocycles. The smallest absolute Gasteiger partial charge is 0.221 e. The maximum Gasteiger partial charge on any atom is 0.221 e. The van der Waals surface area contributed by atoms with Crippen molar-refractivity contribution in [3.8, 4) is 0 Å². The van der Waals surface area contributed by atoms with Gasteiger partial charge in [0.1, 0.15) is 0 Å². The zero-order valence-electron chi connectivity index (χ0n) is 13.8. The van der Waals surface area contributed by atoms with Gasteiger partial charge < -0.3 is 15.0 Å². The molecule has 1 N–H and O–H groups in total. The van der Waals surface area contributed by atoms with E-state index in [-0.39, 0.29) is 17.4 Å². The molecule has 0 aromatic carbocycles. The molecule has 1 aliphatic heterocycles. The maximum atomic E-state index is 11.8. The molecule has 0 unspecified atom stereocenters. The Labute approximate surface area is 127 Å². The van der Waals surface area contributed by atoms with Crippen LogP contribution >= 0.6 is 0 Å². The van der Waals surface area contributed by atoms with E-state index in [2.05, 4.69) is 10.2 Å². The van der Waals surface area contributed by atoms with Gasteiger partial charge in [0, 0.05) is 51.6 Å². The quantitative estimate of drug-likeness (QED) is 0.774. The van der Waals surface area contributed by atoms with Gasteiger partial charge in [0.15, 0.2) is 0 Å². The highest BCUT2D eigenvalue weighted by atomic mass is 16.5. The molecule has 1 rings (SSSR count). The fourth-order valence-electron chi connectivity index (χ4n) is 2.45. The van der Waals surface area contributed by atoms with E-state index in [1.165, 1.54) is 0 Å². The largest absolute Gasteiger partial charge is 0.379 e. The summed E-state index contributed by atoms with van der Waals surface area (Å²) in [6.45, 7) is 12.8. The molecule has 1 aliphatic rings. The summed E-state index contributed by atoms with van der Waals surface area (Å²) in [7, 11) is 0. The van der Waals surface area contributed by atoms with Crippen molar-refractivity contribution >= 4 is 11.8 Å². The first-order chi connectivity index (χ1) is 9.80. The van der Waals surface area contributed by atoms with E-state index in [0.29, 0.717) is 19.5 Å². The summed E-state index contributed by atoms with van der Waals surface area (Å²) in [6.07, 6.45) is 0.347. The number of hydrogen-bond acceptors (Lipinski definition) is 4. The Bertz CT molecular complexity index is 347. The van der Waals surface area contributed by atoms with Gasteiger partial charge in [-0.3, -0.25) is 14.5 Å². The molecule has 1 fully saturated rings. The molecule has 0 aliphatic carbocycles. The Hall–Kier alpha value is -1.14. The van der Waals surface area contributed by atoms with Gasteiger partial charge in [-0.05, 0) is 20.8 Å².